The van der Waals surface area contributed by atoms with E-state index in [9.17, 15) is 0 Å². The second-order valence-electron chi connectivity index (χ2n) is 4.24. The molecule has 0 bridgehead atoms. The van der Waals surface area contributed by atoms with Crippen LogP contribution in [-0.2, 0) is 0 Å². The van der Waals surface area contributed by atoms with Crippen molar-refractivity contribution >= 4 is 0 Å². The second kappa shape index (κ2) is 13.0. The molecule has 0 radical (unpaired) electrons. The number of nitrogens with zero attached hydrogens (tertiary/aromatic N) is 1. The van der Waals surface area contributed by atoms with Crippen LogP contribution in [0.5, 0.6) is 0 Å². The summed E-state index contributed by atoms with van der Waals surface area (Å²) in [6, 6.07) is 0. The van der Waals surface area contributed by atoms with Gasteiger partial charge in [0.15, 0.2) is 0 Å². The van der Waals surface area contributed by atoms with Gasteiger partial charge in [0.25, 0.3) is 0 Å². The molecule has 0 fully saturated rings. The van der Waals surface area contributed by atoms with Gasteiger partial charge < -0.3 is 9.96 Å². The molecule has 0 aromatic heterocycles. The Balaban J connectivity index is -0.000000720. The first-order valence-corrected chi connectivity index (χ1v) is 6.09. The summed E-state index contributed by atoms with van der Waals surface area (Å²) in [5.74, 6) is 0. The van der Waals surface area contributed by atoms with Crippen molar-refractivity contribution < 1.29 is 39.5 Å². The fourth-order valence-electron chi connectivity index (χ4n) is 2.57. The van der Waals surface area contributed by atoms with Crippen molar-refractivity contribution in [1.82, 2.24) is 0 Å². The van der Waals surface area contributed by atoms with Crippen molar-refractivity contribution in [3.63, 3.8) is 0 Å². The zero-order valence-electron chi connectivity index (χ0n) is 11.6. The molecule has 0 saturated carbocycles. The van der Waals surface area contributed by atoms with Gasteiger partial charge in [0.1, 0.15) is 0 Å². The van der Waals surface area contributed by atoms with E-state index < -0.39 is 0 Å². The minimum absolute atomic E-state index is 0. The zero-order valence-corrected chi connectivity index (χ0v) is 13.6. The van der Waals surface area contributed by atoms with Gasteiger partial charge in [0, 0.05) is 0 Å². The monoisotopic (exact) mass is 226 g/mol. The Kier molecular flexibility index (Phi) is 18.4. The Morgan fingerprint density at radius 2 is 0.800 bits per heavy atom. The van der Waals surface area contributed by atoms with E-state index in [1.54, 1.807) is 0 Å². The van der Waals surface area contributed by atoms with Gasteiger partial charge in [-0.25, -0.2) is 0 Å². The molecule has 0 aliphatic rings. The van der Waals surface area contributed by atoms with Crippen LogP contribution in [0.4, 0.5) is 0 Å². The van der Waals surface area contributed by atoms with E-state index in [0.29, 0.717) is 0 Å². The van der Waals surface area contributed by atoms with Crippen LogP contribution in [0.15, 0.2) is 0 Å². The van der Waals surface area contributed by atoms with Crippen LogP contribution in [0, 0.1) is 0 Å². The van der Waals surface area contributed by atoms with E-state index in [2.05, 4.69) is 27.7 Å². The van der Waals surface area contributed by atoms with Gasteiger partial charge in [-0.1, -0.05) is 27.7 Å². The second-order valence-corrected chi connectivity index (χ2v) is 4.24. The first-order valence-electron chi connectivity index (χ1n) is 6.09. The first-order chi connectivity index (χ1) is 6.24. The molecule has 0 aromatic rings. The van der Waals surface area contributed by atoms with Gasteiger partial charge in [0.05, 0.1) is 26.2 Å². The quantitative estimate of drug-likeness (QED) is 0.431. The third-order valence-corrected chi connectivity index (χ3v) is 2.79. The first kappa shape index (κ1) is 21.2. The van der Waals surface area contributed by atoms with Crippen molar-refractivity contribution in [1.29, 1.82) is 0 Å². The van der Waals surface area contributed by atoms with E-state index in [-0.39, 0.29) is 35.0 Å². The molecule has 0 aromatic carbocycles. The Bertz CT molecular complexity index is 90.7. The molecule has 0 unspecified atom stereocenters. The predicted octanol–water partition coefficient (Wildman–Crippen LogP) is 0.270. The van der Waals surface area contributed by atoms with E-state index in [0.717, 1.165) is 0 Å². The molecule has 2 nitrogen and oxygen atoms in total. The normalized spacial score (nSPS) is 10.4. The Morgan fingerprint density at radius 1 is 0.600 bits per heavy atom. The van der Waals surface area contributed by atoms with Crippen molar-refractivity contribution in [2.24, 2.45) is 0 Å². The molecular weight excluding hydrogens is 197 g/mol. The average molecular weight is 226 g/mol. The standard InChI is InChI=1S/C12H28N.Na.H2O/c1-5-9-13(10-6-2,11-7-3)12-8-4;;/h5-12H2,1-4H3;;1H2/q2*+1;/p-1. The Hall–Kier alpha value is 0.920. The Morgan fingerprint density at radius 3 is 0.933 bits per heavy atom. The molecule has 0 aliphatic carbocycles. The van der Waals surface area contributed by atoms with Gasteiger partial charge in [-0.15, -0.1) is 0 Å². The van der Waals surface area contributed by atoms with Gasteiger partial charge in [-0.05, 0) is 25.7 Å². The molecule has 88 valence electrons. The summed E-state index contributed by atoms with van der Waals surface area (Å²) in [5.41, 5.74) is 0. The number of hydrogen-bond acceptors (Lipinski definition) is 1. The van der Waals surface area contributed by atoms with Crippen LogP contribution < -0.4 is 29.6 Å². The molecule has 0 saturated heterocycles. The molecule has 0 atom stereocenters. The van der Waals surface area contributed by atoms with Crippen LogP contribution in [0.3, 0.4) is 0 Å². The fourth-order valence-corrected chi connectivity index (χ4v) is 2.57. The molecule has 0 spiro atoms. The van der Waals surface area contributed by atoms with Crippen LogP contribution in [-0.4, -0.2) is 36.1 Å². The van der Waals surface area contributed by atoms with Crippen molar-refractivity contribution in [2.45, 2.75) is 53.4 Å². The summed E-state index contributed by atoms with van der Waals surface area (Å²) in [4.78, 5) is 0. The SMILES string of the molecule is CCC[N+](CCC)(CCC)CCC.[Na+].[OH-]. The van der Waals surface area contributed by atoms with Crippen molar-refractivity contribution in [3.8, 4) is 0 Å². The third-order valence-electron chi connectivity index (χ3n) is 2.79. The largest absolute Gasteiger partial charge is 1.00 e. The summed E-state index contributed by atoms with van der Waals surface area (Å²) < 4.78 is 1.38. The van der Waals surface area contributed by atoms with Crippen LogP contribution in [0.2, 0.25) is 0 Å². The van der Waals surface area contributed by atoms with E-state index in [1.165, 1.54) is 56.3 Å². The molecule has 0 amide bonds. The van der Waals surface area contributed by atoms with E-state index in [1.807, 2.05) is 0 Å². The maximum Gasteiger partial charge on any atom is 1.00 e. The molecule has 15 heavy (non-hydrogen) atoms. The number of hydrogen-bond donors (Lipinski definition) is 0. The zero-order chi connectivity index (χ0) is 10.2. The Labute approximate surface area is 119 Å². The van der Waals surface area contributed by atoms with Crippen LogP contribution in [0.1, 0.15) is 53.4 Å². The van der Waals surface area contributed by atoms with Gasteiger partial charge in [-0.2, -0.15) is 0 Å². The summed E-state index contributed by atoms with van der Waals surface area (Å²) in [6.07, 6.45) is 5.33. The number of rotatable bonds is 8. The maximum atomic E-state index is 2.31. The smallest absolute Gasteiger partial charge is 0.870 e. The fraction of sp³-hybridized carbons (Fsp3) is 1.00. The molecule has 3 heteroatoms. The van der Waals surface area contributed by atoms with Gasteiger partial charge in [-0.3, -0.25) is 0 Å². The van der Waals surface area contributed by atoms with Crippen molar-refractivity contribution in [2.75, 3.05) is 26.2 Å². The summed E-state index contributed by atoms with van der Waals surface area (Å²) in [6.45, 7) is 14.8. The van der Waals surface area contributed by atoms with Crippen LogP contribution in [0.25, 0.3) is 0 Å². The maximum absolute atomic E-state index is 2.31. The van der Waals surface area contributed by atoms with Crippen LogP contribution >= 0.6 is 0 Å². The summed E-state index contributed by atoms with van der Waals surface area (Å²) >= 11 is 0. The third kappa shape index (κ3) is 8.70. The minimum atomic E-state index is 0. The minimum Gasteiger partial charge on any atom is -0.870 e. The number of quaternary nitrogens is 1. The van der Waals surface area contributed by atoms with Gasteiger partial charge in [0.2, 0.25) is 0 Å². The molecule has 0 rings (SSSR count). The molecule has 0 heterocycles. The van der Waals surface area contributed by atoms with E-state index in [4.69, 9.17) is 0 Å². The average Bonchev–Trinajstić information content (AvgIpc) is 2.06. The van der Waals surface area contributed by atoms with Crippen molar-refractivity contribution in [3.05, 3.63) is 0 Å². The predicted molar refractivity (Wildman–Crippen MR) is 62.8 cm³/mol. The van der Waals surface area contributed by atoms with Gasteiger partial charge >= 0.3 is 29.6 Å². The van der Waals surface area contributed by atoms with E-state index >= 15 is 0 Å². The molecule has 0 aliphatic heterocycles. The topological polar surface area (TPSA) is 30.0 Å². The molecule has 1 N–H and O–H groups in total. The molecular formula is C12H29NNaO+. The summed E-state index contributed by atoms with van der Waals surface area (Å²) in [5, 5.41) is 0. The summed E-state index contributed by atoms with van der Waals surface area (Å²) in [7, 11) is 0.